The number of fused-ring (bicyclic) bond motifs is 2. The van der Waals surface area contributed by atoms with E-state index < -0.39 is 0 Å². The third-order valence-corrected chi connectivity index (χ3v) is 6.21. The standard InChI is InChI=1S/C23H26ClN5/c1-5-11-23(6-2)16(4)28(21-14-25-12-10-18(21)23)15-22-27-19-9-8-17(24)13-20(19)29(22)26-7-3/h7-10,12-14,26H,3-6,11,15H2,1-2H3. The summed E-state index contributed by atoms with van der Waals surface area (Å²) in [4.78, 5) is 11.5. The number of nitrogens with one attached hydrogen (secondary N) is 1. The normalized spacial score (nSPS) is 18.3. The third kappa shape index (κ3) is 3.01. The lowest BCUT2D eigenvalue weighted by molar-refractivity contribution is 0.448. The lowest BCUT2D eigenvalue weighted by Crippen LogP contribution is -2.30. The van der Waals surface area contributed by atoms with E-state index in [0.717, 1.165) is 47.5 Å². The molecule has 4 rings (SSSR count). The van der Waals surface area contributed by atoms with E-state index in [9.17, 15) is 0 Å². The smallest absolute Gasteiger partial charge is 0.148 e. The van der Waals surface area contributed by atoms with Crippen LogP contribution < -0.4 is 10.3 Å². The van der Waals surface area contributed by atoms with Gasteiger partial charge in [-0.1, -0.05) is 45.0 Å². The van der Waals surface area contributed by atoms with Crippen LogP contribution in [-0.2, 0) is 12.0 Å². The molecule has 0 bridgehead atoms. The first-order valence-corrected chi connectivity index (χ1v) is 10.4. The minimum atomic E-state index is -0.0565. The molecule has 1 atom stereocenters. The lowest BCUT2D eigenvalue weighted by Gasteiger charge is -2.32. The molecule has 1 unspecified atom stereocenters. The Morgan fingerprint density at radius 1 is 1.28 bits per heavy atom. The van der Waals surface area contributed by atoms with Crippen molar-refractivity contribution in [1.29, 1.82) is 0 Å². The molecule has 6 heteroatoms. The van der Waals surface area contributed by atoms with Gasteiger partial charge < -0.3 is 10.3 Å². The molecule has 29 heavy (non-hydrogen) atoms. The van der Waals surface area contributed by atoms with Crippen molar-refractivity contribution in [2.45, 2.75) is 45.1 Å². The Balaban J connectivity index is 1.82. The number of anilines is 1. The van der Waals surface area contributed by atoms with Gasteiger partial charge in [-0.2, -0.15) is 0 Å². The summed E-state index contributed by atoms with van der Waals surface area (Å²) in [7, 11) is 0. The molecule has 1 aromatic carbocycles. The Morgan fingerprint density at radius 2 is 2.10 bits per heavy atom. The van der Waals surface area contributed by atoms with Crippen LogP contribution in [0.2, 0.25) is 5.02 Å². The van der Waals surface area contributed by atoms with Crippen LogP contribution in [0.4, 0.5) is 5.69 Å². The van der Waals surface area contributed by atoms with Crippen LogP contribution in [0.15, 0.2) is 61.7 Å². The molecular weight excluding hydrogens is 382 g/mol. The topological polar surface area (TPSA) is 46.0 Å². The first-order chi connectivity index (χ1) is 14.1. The summed E-state index contributed by atoms with van der Waals surface area (Å²) in [5.41, 5.74) is 8.46. The first-order valence-electron chi connectivity index (χ1n) is 10.0. The molecule has 0 amide bonds. The van der Waals surface area contributed by atoms with Crippen molar-refractivity contribution in [2.24, 2.45) is 0 Å². The fourth-order valence-electron chi connectivity index (χ4n) is 4.60. The number of halogens is 1. The number of aromatic nitrogens is 3. The van der Waals surface area contributed by atoms with Crippen LogP contribution in [0.25, 0.3) is 11.0 Å². The van der Waals surface area contributed by atoms with Crippen molar-refractivity contribution in [1.82, 2.24) is 14.6 Å². The molecule has 0 aliphatic carbocycles. The van der Waals surface area contributed by atoms with Gasteiger partial charge in [0.25, 0.3) is 0 Å². The third-order valence-electron chi connectivity index (χ3n) is 5.97. The number of imidazole rings is 1. The largest absolute Gasteiger partial charge is 0.336 e. The molecule has 0 spiro atoms. The highest BCUT2D eigenvalue weighted by molar-refractivity contribution is 6.31. The molecule has 3 heterocycles. The predicted molar refractivity (Wildman–Crippen MR) is 121 cm³/mol. The summed E-state index contributed by atoms with van der Waals surface area (Å²) in [5, 5.41) is 0.670. The van der Waals surface area contributed by atoms with Gasteiger partial charge in [0.2, 0.25) is 0 Å². The van der Waals surface area contributed by atoms with Gasteiger partial charge in [-0.15, -0.1) is 0 Å². The van der Waals surface area contributed by atoms with Crippen LogP contribution in [0.3, 0.4) is 0 Å². The van der Waals surface area contributed by atoms with Gasteiger partial charge >= 0.3 is 0 Å². The number of hydrogen-bond acceptors (Lipinski definition) is 4. The molecule has 1 aliphatic heterocycles. The van der Waals surface area contributed by atoms with E-state index in [1.807, 2.05) is 35.3 Å². The fraction of sp³-hybridized carbons (Fsp3) is 0.304. The van der Waals surface area contributed by atoms with Gasteiger partial charge in [0.05, 0.1) is 29.5 Å². The van der Waals surface area contributed by atoms with Crippen LogP contribution in [-0.4, -0.2) is 14.6 Å². The molecule has 0 radical (unpaired) electrons. The van der Waals surface area contributed by atoms with Crippen molar-refractivity contribution in [3.63, 3.8) is 0 Å². The summed E-state index contributed by atoms with van der Waals surface area (Å²) < 4.78 is 1.93. The molecule has 3 aromatic rings. The van der Waals surface area contributed by atoms with Crippen LogP contribution in [0, 0.1) is 0 Å². The Morgan fingerprint density at radius 3 is 2.83 bits per heavy atom. The van der Waals surface area contributed by atoms with Crippen LogP contribution in [0.5, 0.6) is 0 Å². The fourth-order valence-corrected chi connectivity index (χ4v) is 4.77. The maximum absolute atomic E-state index is 6.22. The molecule has 0 saturated carbocycles. The number of nitrogens with zero attached hydrogens (tertiary/aromatic N) is 4. The zero-order valence-corrected chi connectivity index (χ0v) is 17.7. The minimum Gasteiger partial charge on any atom is -0.336 e. The van der Waals surface area contributed by atoms with E-state index >= 15 is 0 Å². The van der Waals surface area contributed by atoms with E-state index in [2.05, 4.69) is 48.4 Å². The van der Waals surface area contributed by atoms with E-state index in [4.69, 9.17) is 16.6 Å². The van der Waals surface area contributed by atoms with Gasteiger partial charge in [0.15, 0.2) is 0 Å². The van der Waals surface area contributed by atoms with Gasteiger partial charge in [0.1, 0.15) is 5.82 Å². The van der Waals surface area contributed by atoms with E-state index in [0.29, 0.717) is 11.6 Å². The highest BCUT2D eigenvalue weighted by Gasteiger charge is 2.44. The summed E-state index contributed by atoms with van der Waals surface area (Å²) in [6.45, 7) is 13.4. The Bertz CT molecular complexity index is 1090. The highest BCUT2D eigenvalue weighted by Crippen LogP contribution is 2.52. The molecule has 1 N–H and O–H groups in total. The van der Waals surface area contributed by atoms with Gasteiger partial charge in [-0.05, 0) is 42.7 Å². The summed E-state index contributed by atoms with van der Waals surface area (Å²) >= 11 is 6.22. The van der Waals surface area contributed by atoms with Crippen molar-refractivity contribution in [2.75, 3.05) is 10.3 Å². The lowest BCUT2D eigenvalue weighted by atomic mass is 9.74. The first kappa shape index (κ1) is 19.5. The van der Waals surface area contributed by atoms with Gasteiger partial charge in [0, 0.05) is 28.5 Å². The Labute approximate surface area is 176 Å². The predicted octanol–water partition coefficient (Wildman–Crippen LogP) is 5.75. The number of rotatable bonds is 7. The van der Waals surface area contributed by atoms with E-state index in [1.165, 1.54) is 5.56 Å². The van der Waals surface area contributed by atoms with Crippen LogP contribution >= 0.6 is 11.6 Å². The molecule has 0 fully saturated rings. The van der Waals surface area contributed by atoms with Crippen molar-refractivity contribution in [3.8, 4) is 0 Å². The Kier molecular flexibility index (Phi) is 5.09. The maximum atomic E-state index is 6.22. The average Bonchev–Trinajstić information content (AvgIpc) is 3.17. The quantitative estimate of drug-likeness (QED) is 0.541. The Hall–Kier alpha value is -2.79. The second-order valence-electron chi connectivity index (χ2n) is 7.44. The second kappa shape index (κ2) is 7.56. The number of pyridine rings is 1. The summed E-state index contributed by atoms with van der Waals surface area (Å²) in [6, 6.07) is 7.84. The number of allylic oxidation sites excluding steroid dienone is 1. The van der Waals surface area contributed by atoms with Gasteiger partial charge in [-0.3, -0.25) is 4.98 Å². The molecule has 150 valence electrons. The molecule has 1 aliphatic rings. The second-order valence-corrected chi connectivity index (χ2v) is 7.88. The van der Waals surface area contributed by atoms with Crippen LogP contribution in [0.1, 0.15) is 44.5 Å². The van der Waals surface area contributed by atoms with Crippen molar-refractivity contribution < 1.29 is 0 Å². The zero-order valence-electron chi connectivity index (χ0n) is 17.0. The maximum Gasteiger partial charge on any atom is 0.148 e. The van der Waals surface area contributed by atoms with E-state index in [-0.39, 0.29) is 5.41 Å². The highest BCUT2D eigenvalue weighted by atomic mass is 35.5. The molecule has 5 nitrogen and oxygen atoms in total. The monoisotopic (exact) mass is 407 g/mol. The van der Waals surface area contributed by atoms with Crippen molar-refractivity contribution in [3.05, 3.63) is 78.1 Å². The van der Waals surface area contributed by atoms with Crippen molar-refractivity contribution >= 4 is 28.3 Å². The number of hydrogen-bond donors (Lipinski definition) is 1. The average molecular weight is 408 g/mol. The SMILES string of the molecule is C=CNn1c(CN2C(=C)C(CC)(CCC)c3ccncc32)nc2ccc(Cl)cc21. The summed E-state index contributed by atoms with van der Waals surface area (Å²) in [5.74, 6) is 0.863. The summed E-state index contributed by atoms with van der Waals surface area (Å²) in [6.07, 6.45) is 8.63. The van der Waals surface area contributed by atoms with Gasteiger partial charge in [-0.25, -0.2) is 9.66 Å². The number of benzene rings is 1. The zero-order chi connectivity index (χ0) is 20.6. The molecule has 0 saturated heterocycles. The molecule has 2 aromatic heterocycles. The minimum absolute atomic E-state index is 0.0565. The molecular formula is C23H26ClN5. The van der Waals surface area contributed by atoms with E-state index in [1.54, 1.807) is 6.20 Å².